The average molecular weight is 481 g/mol. The van der Waals surface area contributed by atoms with Gasteiger partial charge in [0.25, 0.3) is 17.9 Å². The number of carbonyl (C=O) groups is 1. The molecule has 1 saturated heterocycles. The lowest BCUT2D eigenvalue weighted by Gasteiger charge is -2.38. The van der Waals surface area contributed by atoms with Crippen molar-refractivity contribution in [3.63, 3.8) is 0 Å². The number of fused-ring (bicyclic) bond motifs is 1. The number of nitrogens with two attached hydrogens (primary N) is 1. The maximum absolute atomic E-state index is 15.6. The summed E-state index contributed by atoms with van der Waals surface area (Å²) < 4.78 is 71.6. The molecular formula is C21H19F4N5O4. The van der Waals surface area contributed by atoms with Crippen LogP contribution in [0.25, 0.3) is 0 Å². The van der Waals surface area contributed by atoms with E-state index in [1.807, 2.05) is 0 Å². The Morgan fingerprint density at radius 1 is 1.21 bits per heavy atom. The van der Waals surface area contributed by atoms with Crippen LogP contribution in [-0.4, -0.2) is 59.9 Å². The zero-order valence-electron chi connectivity index (χ0n) is 17.6. The predicted octanol–water partition coefficient (Wildman–Crippen LogP) is 2.18. The summed E-state index contributed by atoms with van der Waals surface area (Å²) in [6.45, 7) is -1.28. The summed E-state index contributed by atoms with van der Waals surface area (Å²) in [5.41, 5.74) is 1.61. The minimum atomic E-state index is -2.71. The van der Waals surface area contributed by atoms with Crippen LogP contribution in [0.5, 0.6) is 5.88 Å². The Kier molecular flexibility index (Phi) is 5.11. The van der Waals surface area contributed by atoms with E-state index < -0.39 is 41.4 Å². The Hall–Kier alpha value is -3.48. The number of aromatic nitrogens is 2. The lowest BCUT2D eigenvalue weighted by atomic mass is 9.78. The number of ether oxygens (including phenoxy) is 3. The van der Waals surface area contributed by atoms with Crippen molar-refractivity contribution in [3.05, 3.63) is 47.7 Å². The number of alkyl halides is 3. The van der Waals surface area contributed by atoms with Gasteiger partial charge in [0.05, 0.1) is 38.1 Å². The third-order valence-electron chi connectivity index (χ3n) is 6.05. The Bertz CT molecular complexity index is 1160. The van der Waals surface area contributed by atoms with Crippen LogP contribution in [-0.2, 0) is 15.0 Å². The molecule has 9 nitrogen and oxygen atoms in total. The largest absolute Gasteiger partial charge is 0.476 e. The van der Waals surface area contributed by atoms with Gasteiger partial charge in [-0.15, -0.1) is 0 Å². The molecule has 3 N–H and O–H groups in total. The Morgan fingerprint density at radius 2 is 2.00 bits per heavy atom. The van der Waals surface area contributed by atoms with E-state index in [1.165, 1.54) is 12.1 Å². The minimum Gasteiger partial charge on any atom is -0.476 e. The molecule has 2 fully saturated rings. The number of aliphatic imine (C=N–C) groups is 1. The first-order chi connectivity index (χ1) is 16.1. The van der Waals surface area contributed by atoms with Crippen molar-refractivity contribution in [3.8, 4) is 5.88 Å². The normalized spacial score (nSPS) is 28.9. The third kappa shape index (κ3) is 3.79. The van der Waals surface area contributed by atoms with Gasteiger partial charge in [-0.05, 0) is 18.2 Å². The van der Waals surface area contributed by atoms with Crippen molar-refractivity contribution in [2.24, 2.45) is 16.6 Å². The molecule has 1 saturated carbocycles. The van der Waals surface area contributed by atoms with Crippen LogP contribution in [0.1, 0.15) is 22.5 Å². The number of hydrogen-bond donors (Lipinski definition) is 2. The summed E-state index contributed by atoms with van der Waals surface area (Å²) in [6, 6.07) is 3.31. The van der Waals surface area contributed by atoms with Crippen molar-refractivity contribution in [1.82, 2.24) is 9.97 Å². The first-order valence-electron chi connectivity index (χ1n) is 10.3. The lowest BCUT2D eigenvalue weighted by Crippen LogP contribution is -2.55. The maximum atomic E-state index is 15.6. The van der Waals surface area contributed by atoms with E-state index in [0.29, 0.717) is 0 Å². The molecule has 1 aromatic heterocycles. The molecule has 1 amide bonds. The standard InChI is InChI=1S/C21H19F4N5O4/c22-14-2-1-12(3-13(14)20-10-32-8-19(20,23)9-34-18(26)30-20)29-17(31)15-5-28-16(6-27-15)33-7-11-4-21(11,24)25/h1-3,5-6,11H,4,7-10H2,(H2,26,30)(H,29,31)/t11?,19-,20-/m1/s1. The first-order valence-corrected chi connectivity index (χ1v) is 10.3. The molecule has 0 radical (unpaired) electrons. The Balaban J connectivity index is 1.32. The van der Waals surface area contributed by atoms with Crippen LogP contribution in [0.4, 0.5) is 23.2 Å². The van der Waals surface area contributed by atoms with Gasteiger partial charge in [0.1, 0.15) is 18.1 Å². The smallest absolute Gasteiger partial charge is 0.283 e. The van der Waals surface area contributed by atoms with Crippen molar-refractivity contribution in [2.45, 2.75) is 23.6 Å². The number of nitrogens with one attached hydrogen (secondary N) is 1. The molecular weight excluding hydrogens is 462 g/mol. The highest BCUT2D eigenvalue weighted by Crippen LogP contribution is 2.49. The van der Waals surface area contributed by atoms with E-state index >= 15 is 4.39 Å². The summed E-state index contributed by atoms with van der Waals surface area (Å²) in [4.78, 5) is 24.4. The lowest BCUT2D eigenvalue weighted by molar-refractivity contribution is 0.00905. The summed E-state index contributed by atoms with van der Waals surface area (Å²) in [7, 11) is 0. The van der Waals surface area contributed by atoms with Gasteiger partial charge in [0.2, 0.25) is 5.88 Å². The second-order valence-corrected chi connectivity index (χ2v) is 8.42. The molecule has 1 aromatic carbocycles. The zero-order chi connectivity index (χ0) is 24.1. The monoisotopic (exact) mass is 481 g/mol. The number of benzene rings is 1. The van der Waals surface area contributed by atoms with Crippen molar-refractivity contribution in [1.29, 1.82) is 0 Å². The number of rotatable bonds is 6. The second-order valence-electron chi connectivity index (χ2n) is 8.42. The molecule has 34 heavy (non-hydrogen) atoms. The van der Waals surface area contributed by atoms with Gasteiger partial charge in [-0.2, -0.15) is 0 Å². The van der Waals surface area contributed by atoms with Gasteiger partial charge in [0, 0.05) is 17.7 Å². The maximum Gasteiger partial charge on any atom is 0.283 e. The summed E-state index contributed by atoms with van der Waals surface area (Å²) >= 11 is 0. The summed E-state index contributed by atoms with van der Waals surface area (Å²) in [5, 5.41) is 2.53. The highest BCUT2D eigenvalue weighted by Gasteiger charge is 2.62. The summed E-state index contributed by atoms with van der Waals surface area (Å²) in [5.74, 6) is -5.01. The molecule has 5 rings (SSSR count). The van der Waals surface area contributed by atoms with E-state index in [4.69, 9.17) is 19.9 Å². The number of amides is 1. The molecule has 3 aliphatic rings. The van der Waals surface area contributed by atoms with Gasteiger partial charge in [-0.1, -0.05) is 0 Å². The quantitative estimate of drug-likeness (QED) is 0.607. The number of hydrogen-bond acceptors (Lipinski definition) is 8. The zero-order valence-corrected chi connectivity index (χ0v) is 17.6. The Labute approximate surface area is 190 Å². The van der Waals surface area contributed by atoms with Crippen LogP contribution in [0.2, 0.25) is 0 Å². The van der Waals surface area contributed by atoms with Crippen LogP contribution in [0.3, 0.4) is 0 Å². The van der Waals surface area contributed by atoms with Gasteiger partial charge in [-0.25, -0.2) is 32.5 Å². The Morgan fingerprint density at radius 3 is 2.71 bits per heavy atom. The SMILES string of the molecule is NC1=N[C@@]2(c3cc(NC(=O)c4cnc(OCC5CC5(F)F)cn4)ccc3F)COC[C@@]2(F)CO1. The molecule has 1 unspecified atom stereocenters. The fourth-order valence-corrected chi connectivity index (χ4v) is 3.95. The summed E-state index contributed by atoms with van der Waals surface area (Å²) in [6.07, 6.45) is 2.01. The number of halogens is 4. The third-order valence-corrected chi connectivity index (χ3v) is 6.05. The van der Waals surface area contributed by atoms with Crippen LogP contribution >= 0.6 is 0 Å². The first kappa shape index (κ1) is 22.3. The van der Waals surface area contributed by atoms with E-state index in [0.717, 1.165) is 18.5 Å². The molecule has 3 heterocycles. The fourth-order valence-electron chi connectivity index (χ4n) is 3.95. The highest BCUT2D eigenvalue weighted by atomic mass is 19.3. The van der Waals surface area contributed by atoms with Gasteiger partial charge in [-0.3, -0.25) is 4.79 Å². The number of carbonyl (C=O) groups excluding carboxylic acids is 1. The van der Waals surface area contributed by atoms with Crippen molar-refractivity contribution < 1.29 is 36.6 Å². The molecule has 0 bridgehead atoms. The van der Waals surface area contributed by atoms with E-state index in [1.54, 1.807) is 0 Å². The van der Waals surface area contributed by atoms with Crippen LogP contribution < -0.4 is 15.8 Å². The highest BCUT2D eigenvalue weighted by molar-refractivity contribution is 6.02. The molecule has 2 aliphatic heterocycles. The van der Waals surface area contributed by atoms with E-state index in [9.17, 15) is 18.0 Å². The van der Waals surface area contributed by atoms with E-state index in [2.05, 4.69) is 20.3 Å². The van der Waals surface area contributed by atoms with Crippen molar-refractivity contribution >= 4 is 17.6 Å². The molecule has 180 valence electrons. The predicted molar refractivity (Wildman–Crippen MR) is 109 cm³/mol. The topological polar surface area (TPSA) is 121 Å². The second kappa shape index (κ2) is 7.79. The molecule has 1 aliphatic carbocycles. The fraction of sp³-hybridized carbons (Fsp3) is 0.429. The number of anilines is 1. The van der Waals surface area contributed by atoms with Gasteiger partial charge >= 0.3 is 0 Å². The average Bonchev–Trinajstić information content (AvgIpc) is 3.27. The van der Waals surface area contributed by atoms with Gasteiger partial charge < -0.3 is 25.3 Å². The molecule has 2 aromatic rings. The van der Waals surface area contributed by atoms with Crippen LogP contribution in [0, 0.1) is 11.7 Å². The van der Waals surface area contributed by atoms with E-state index in [-0.39, 0.29) is 55.1 Å². The molecule has 3 atom stereocenters. The molecule has 13 heteroatoms. The minimum absolute atomic E-state index is 0.00194. The molecule has 0 spiro atoms. The van der Waals surface area contributed by atoms with Gasteiger partial charge in [0.15, 0.2) is 11.2 Å². The van der Waals surface area contributed by atoms with Crippen molar-refractivity contribution in [2.75, 3.05) is 31.7 Å². The number of amidine groups is 1. The van der Waals surface area contributed by atoms with Crippen LogP contribution in [0.15, 0.2) is 35.6 Å². The number of nitrogens with zero attached hydrogens (tertiary/aromatic N) is 3.